The lowest BCUT2D eigenvalue weighted by atomic mass is 10.1. The van der Waals surface area contributed by atoms with Gasteiger partial charge in [-0.25, -0.2) is 9.37 Å². The number of imide groups is 1. The van der Waals surface area contributed by atoms with Gasteiger partial charge in [-0.05, 0) is 48.5 Å². The zero-order valence-corrected chi connectivity index (χ0v) is 17.5. The van der Waals surface area contributed by atoms with Crippen molar-refractivity contribution < 1.29 is 18.8 Å². The molecule has 7 nitrogen and oxygen atoms in total. The fourth-order valence-electron chi connectivity index (χ4n) is 3.29. The maximum absolute atomic E-state index is 13.8. The molecule has 0 radical (unpaired) electrons. The molecule has 0 aliphatic carbocycles. The summed E-state index contributed by atoms with van der Waals surface area (Å²) in [6.07, 6.45) is 3.83. The molecule has 1 aliphatic heterocycles. The smallest absolute Gasteiger partial charge is 0.261 e. The first-order valence-electron chi connectivity index (χ1n) is 9.64. The molecule has 9 heteroatoms. The zero-order chi connectivity index (χ0) is 22.0. The van der Waals surface area contributed by atoms with E-state index < -0.39 is 5.82 Å². The summed E-state index contributed by atoms with van der Waals surface area (Å²) in [6, 6.07) is 10.8. The van der Waals surface area contributed by atoms with Gasteiger partial charge in [-0.1, -0.05) is 12.1 Å². The fourth-order valence-corrected chi connectivity index (χ4v) is 4.16. The van der Waals surface area contributed by atoms with E-state index in [1.165, 1.54) is 23.9 Å². The van der Waals surface area contributed by atoms with Crippen LogP contribution < -0.4 is 5.32 Å². The van der Waals surface area contributed by atoms with Gasteiger partial charge in [0.05, 0.1) is 16.8 Å². The lowest BCUT2D eigenvalue weighted by molar-refractivity contribution is -0.116. The molecule has 0 saturated carbocycles. The maximum atomic E-state index is 13.8. The molecule has 1 aromatic heterocycles. The number of fused-ring (bicyclic) bond motifs is 1. The number of hydrogen-bond donors (Lipinski definition) is 1. The Balaban J connectivity index is 1.37. The number of carbonyl (C=O) groups is 3. The van der Waals surface area contributed by atoms with Crippen LogP contribution >= 0.6 is 11.8 Å². The largest absolute Gasteiger partial charge is 0.329 e. The number of nitrogens with one attached hydrogen (secondary N) is 1. The first kappa shape index (κ1) is 20.8. The number of anilines is 1. The number of benzene rings is 2. The van der Waals surface area contributed by atoms with Gasteiger partial charge in [-0.15, -0.1) is 0 Å². The van der Waals surface area contributed by atoms with Gasteiger partial charge in [0.1, 0.15) is 5.82 Å². The SMILES string of the molecule is Cn1ccnc1Sc1ccc(F)cc1NC(=O)CCCN1C(=O)c2ccccc2C1=O. The average molecular weight is 438 g/mol. The maximum Gasteiger partial charge on any atom is 0.261 e. The van der Waals surface area contributed by atoms with Crippen LogP contribution in [0.25, 0.3) is 0 Å². The minimum Gasteiger partial charge on any atom is -0.329 e. The van der Waals surface area contributed by atoms with E-state index >= 15 is 0 Å². The molecule has 0 unspecified atom stereocenters. The number of imidazole rings is 1. The van der Waals surface area contributed by atoms with Gasteiger partial charge in [0.15, 0.2) is 5.16 Å². The van der Waals surface area contributed by atoms with Crippen molar-refractivity contribution in [3.05, 3.63) is 71.8 Å². The average Bonchev–Trinajstić information content (AvgIpc) is 3.26. The van der Waals surface area contributed by atoms with E-state index in [1.54, 1.807) is 42.7 Å². The summed E-state index contributed by atoms with van der Waals surface area (Å²) in [5, 5.41) is 3.42. The Labute approximate surface area is 182 Å². The van der Waals surface area contributed by atoms with Gasteiger partial charge in [0.2, 0.25) is 5.91 Å². The molecule has 3 aromatic rings. The van der Waals surface area contributed by atoms with E-state index in [0.717, 1.165) is 4.90 Å². The Bertz CT molecular complexity index is 1140. The highest BCUT2D eigenvalue weighted by atomic mass is 32.2. The van der Waals surface area contributed by atoms with E-state index in [4.69, 9.17) is 0 Å². The summed E-state index contributed by atoms with van der Waals surface area (Å²) < 4.78 is 15.6. The number of nitrogens with zero attached hydrogens (tertiary/aromatic N) is 3. The monoisotopic (exact) mass is 438 g/mol. The summed E-state index contributed by atoms with van der Waals surface area (Å²) in [5.74, 6) is -1.49. The molecular weight excluding hydrogens is 419 g/mol. The highest BCUT2D eigenvalue weighted by Gasteiger charge is 2.34. The van der Waals surface area contributed by atoms with Gasteiger partial charge in [0.25, 0.3) is 11.8 Å². The Morgan fingerprint density at radius 1 is 1.13 bits per heavy atom. The number of rotatable bonds is 7. The van der Waals surface area contributed by atoms with Crippen LogP contribution in [-0.2, 0) is 11.8 Å². The first-order chi connectivity index (χ1) is 14.9. The van der Waals surface area contributed by atoms with E-state index in [9.17, 15) is 18.8 Å². The van der Waals surface area contributed by atoms with E-state index in [0.29, 0.717) is 33.3 Å². The van der Waals surface area contributed by atoms with Gasteiger partial charge >= 0.3 is 0 Å². The number of amides is 3. The topological polar surface area (TPSA) is 84.3 Å². The third-order valence-corrected chi connectivity index (χ3v) is 6.01. The van der Waals surface area contributed by atoms with Crippen molar-refractivity contribution in [3.63, 3.8) is 0 Å². The van der Waals surface area contributed by atoms with Crippen molar-refractivity contribution in [2.45, 2.75) is 22.9 Å². The number of aryl methyl sites for hydroxylation is 1. The number of halogens is 1. The molecule has 31 heavy (non-hydrogen) atoms. The van der Waals surface area contributed by atoms with Gasteiger partial charge in [-0.2, -0.15) is 0 Å². The highest BCUT2D eigenvalue weighted by molar-refractivity contribution is 7.99. The van der Waals surface area contributed by atoms with Crippen molar-refractivity contribution in [1.82, 2.24) is 14.5 Å². The molecule has 3 amide bonds. The fraction of sp³-hybridized carbons (Fsp3) is 0.182. The Morgan fingerprint density at radius 3 is 2.48 bits per heavy atom. The second-order valence-electron chi connectivity index (χ2n) is 7.02. The van der Waals surface area contributed by atoms with Crippen LogP contribution in [-0.4, -0.2) is 38.7 Å². The standard InChI is InChI=1S/C22H19FN4O3S/c1-26-12-10-24-22(26)31-18-9-8-14(23)13-17(18)25-19(28)7-4-11-27-20(29)15-5-2-3-6-16(15)21(27)30/h2-3,5-6,8-10,12-13H,4,7,11H2,1H3,(H,25,28). The zero-order valence-electron chi connectivity index (χ0n) is 16.7. The molecule has 1 N–H and O–H groups in total. The highest BCUT2D eigenvalue weighted by Crippen LogP contribution is 2.33. The number of aromatic nitrogens is 2. The minimum atomic E-state index is -0.467. The third kappa shape index (κ3) is 4.36. The second kappa shape index (κ2) is 8.73. The lowest BCUT2D eigenvalue weighted by Gasteiger charge is -2.14. The minimum absolute atomic E-state index is 0.0798. The molecule has 1 aliphatic rings. The Morgan fingerprint density at radius 2 is 1.84 bits per heavy atom. The molecule has 0 fully saturated rings. The number of carbonyl (C=O) groups excluding carboxylic acids is 3. The summed E-state index contributed by atoms with van der Waals surface area (Å²) in [6.45, 7) is 0.137. The molecule has 0 saturated heterocycles. The van der Waals surface area contributed by atoms with E-state index in [1.807, 2.05) is 11.6 Å². The molecule has 0 atom stereocenters. The summed E-state index contributed by atoms with van der Waals surface area (Å²) in [7, 11) is 1.84. The summed E-state index contributed by atoms with van der Waals surface area (Å²) in [4.78, 5) is 43.3. The molecule has 2 aromatic carbocycles. The Kier molecular flexibility index (Phi) is 5.85. The van der Waals surface area contributed by atoms with Crippen LogP contribution in [0.3, 0.4) is 0 Å². The van der Waals surface area contributed by atoms with E-state index in [2.05, 4.69) is 10.3 Å². The van der Waals surface area contributed by atoms with Crippen molar-refractivity contribution in [2.75, 3.05) is 11.9 Å². The molecule has 4 rings (SSSR count). The molecule has 0 spiro atoms. The summed E-state index contributed by atoms with van der Waals surface area (Å²) >= 11 is 1.31. The quantitative estimate of drug-likeness (QED) is 0.569. The molecule has 158 valence electrons. The van der Waals surface area contributed by atoms with Gasteiger partial charge < -0.3 is 9.88 Å². The molecule has 0 bridgehead atoms. The molecular formula is C22H19FN4O3S. The molecule has 2 heterocycles. The van der Waals surface area contributed by atoms with Crippen LogP contribution in [0.5, 0.6) is 0 Å². The lowest BCUT2D eigenvalue weighted by Crippen LogP contribution is -2.31. The number of hydrogen-bond acceptors (Lipinski definition) is 5. The van der Waals surface area contributed by atoms with Gasteiger partial charge in [-0.3, -0.25) is 19.3 Å². The van der Waals surface area contributed by atoms with Crippen molar-refractivity contribution in [2.24, 2.45) is 7.05 Å². The third-order valence-electron chi connectivity index (χ3n) is 4.86. The van der Waals surface area contributed by atoms with Crippen LogP contribution in [0.2, 0.25) is 0 Å². The second-order valence-corrected chi connectivity index (χ2v) is 8.03. The van der Waals surface area contributed by atoms with Crippen molar-refractivity contribution >= 4 is 35.2 Å². The van der Waals surface area contributed by atoms with Crippen molar-refractivity contribution in [3.8, 4) is 0 Å². The van der Waals surface area contributed by atoms with Crippen LogP contribution in [0.15, 0.2) is 64.9 Å². The van der Waals surface area contributed by atoms with E-state index in [-0.39, 0.29) is 30.7 Å². The van der Waals surface area contributed by atoms with Crippen LogP contribution in [0, 0.1) is 5.82 Å². The van der Waals surface area contributed by atoms with Crippen LogP contribution in [0.4, 0.5) is 10.1 Å². The van der Waals surface area contributed by atoms with Crippen LogP contribution in [0.1, 0.15) is 33.6 Å². The predicted molar refractivity (Wildman–Crippen MR) is 113 cm³/mol. The normalized spacial score (nSPS) is 12.9. The van der Waals surface area contributed by atoms with Crippen molar-refractivity contribution in [1.29, 1.82) is 0 Å². The summed E-state index contributed by atoms with van der Waals surface area (Å²) in [5.41, 5.74) is 1.11. The first-order valence-corrected chi connectivity index (χ1v) is 10.5. The van der Waals surface area contributed by atoms with Gasteiger partial charge in [0, 0.05) is 37.3 Å². The predicted octanol–water partition coefficient (Wildman–Crippen LogP) is 3.73. The Hall–Kier alpha value is -3.46.